The minimum atomic E-state index is -0.520. The molecule has 0 radical (unpaired) electrons. The number of ether oxygens (including phenoxy) is 1. The molecule has 1 fully saturated rings. The lowest BCUT2D eigenvalue weighted by molar-refractivity contribution is -0.384. The molecule has 2 rings (SSSR count). The molecule has 0 bridgehead atoms. The fraction of sp³-hybridized carbons (Fsp3) is 0.500. The molecule has 7 heteroatoms. The van der Waals surface area contributed by atoms with E-state index in [1.807, 2.05) is 0 Å². The molecule has 1 aromatic rings. The summed E-state index contributed by atoms with van der Waals surface area (Å²) < 4.78 is 5.20. The largest absolute Gasteiger partial charge is 0.493 e. The fourth-order valence-corrected chi connectivity index (χ4v) is 1.73. The SMILES string of the molecule is O=[N+]([O-])c1ccc(O)nc1NC1CCOCC1. The predicted molar refractivity (Wildman–Crippen MR) is 60.0 cm³/mol. The summed E-state index contributed by atoms with van der Waals surface area (Å²) in [5.41, 5.74) is -0.130. The standard InChI is InChI=1S/C10H13N3O4/c14-9-2-1-8(13(15)16)10(12-9)11-7-3-5-17-6-4-7/h1-2,7H,3-6H2,(H2,11,12,14). The van der Waals surface area contributed by atoms with Crippen LogP contribution < -0.4 is 5.32 Å². The Morgan fingerprint density at radius 3 is 2.82 bits per heavy atom. The smallest absolute Gasteiger partial charge is 0.311 e. The molecular formula is C10H13N3O4. The van der Waals surface area contributed by atoms with E-state index in [1.54, 1.807) is 0 Å². The maximum atomic E-state index is 10.8. The summed E-state index contributed by atoms with van der Waals surface area (Å²) >= 11 is 0. The number of pyridine rings is 1. The number of nitrogens with one attached hydrogen (secondary N) is 1. The van der Waals surface area contributed by atoms with E-state index in [0.717, 1.165) is 12.8 Å². The Balaban J connectivity index is 2.17. The quantitative estimate of drug-likeness (QED) is 0.609. The number of hydrogen-bond donors (Lipinski definition) is 2. The second-order valence-corrected chi connectivity index (χ2v) is 3.83. The minimum absolute atomic E-state index is 0.0942. The second-order valence-electron chi connectivity index (χ2n) is 3.83. The zero-order valence-electron chi connectivity index (χ0n) is 9.13. The van der Waals surface area contributed by atoms with Crippen molar-refractivity contribution in [1.29, 1.82) is 0 Å². The summed E-state index contributed by atoms with van der Waals surface area (Å²) in [7, 11) is 0. The molecule has 2 heterocycles. The van der Waals surface area contributed by atoms with Crippen molar-refractivity contribution in [2.24, 2.45) is 0 Å². The van der Waals surface area contributed by atoms with Crippen LogP contribution in [0.5, 0.6) is 5.88 Å². The lowest BCUT2D eigenvalue weighted by atomic mass is 10.1. The first-order valence-electron chi connectivity index (χ1n) is 5.35. The summed E-state index contributed by atoms with van der Waals surface area (Å²) in [5.74, 6) is -0.118. The maximum absolute atomic E-state index is 10.8. The molecule has 0 atom stereocenters. The Labute approximate surface area is 97.6 Å². The van der Waals surface area contributed by atoms with Gasteiger partial charge in [0, 0.05) is 31.4 Å². The highest BCUT2D eigenvalue weighted by Gasteiger charge is 2.20. The van der Waals surface area contributed by atoms with Gasteiger partial charge in [0.1, 0.15) is 0 Å². The summed E-state index contributed by atoms with van der Waals surface area (Å²) in [6.07, 6.45) is 1.54. The molecule has 1 aliphatic heterocycles. The van der Waals surface area contributed by atoms with Gasteiger partial charge in [-0.2, -0.15) is 4.98 Å². The van der Waals surface area contributed by atoms with Crippen LogP contribution in [0.2, 0.25) is 0 Å². The summed E-state index contributed by atoms with van der Waals surface area (Å²) in [6.45, 7) is 1.26. The first kappa shape index (κ1) is 11.6. The highest BCUT2D eigenvalue weighted by molar-refractivity contribution is 5.57. The van der Waals surface area contributed by atoms with Gasteiger partial charge in [-0.3, -0.25) is 10.1 Å². The molecule has 0 aromatic carbocycles. The Morgan fingerprint density at radius 1 is 1.47 bits per heavy atom. The number of nitrogens with zero attached hydrogens (tertiary/aromatic N) is 2. The molecule has 1 aromatic heterocycles. The summed E-state index contributed by atoms with van der Waals surface area (Å²) in [4.78, 5) is 14.0. The first-order valence-corrected chi connectivity index (χ1v) is 5.35. The average molecular weight is 239 g/mol. The van der Waals surface area contributed by atoms with E-state index >= 15 is 0 Å². The first-order chi connectivity index (χ1) is 8.16. The van der Waals surface area contributed by atoms with Crippen LogP contribution in [0.3, 0.4) is 0 Å². The van der Waals surface area contributed by atoms with E-state index in [2.05, 4.69) is 10.3 Å². The molecule has 0 spiro atoms. The van der Waals surface area contributed by atoms with Crippen molar-refractivity contribution in [3.63, 3.8) is 0 Å². The Hall–Kier alpha value is -1.89. The summed E-state index contributed by atoms with van der Waals surface area (Å²) in [5, 5.41) is 23.0. The van der Waals surface area contributed by atoms with Gasteiger partial charge in [-0.15, -0.1) is 0 Å². The average Bonchev–Trinajstić information content (AvgIpc) is 2.30. The highest BCUT2D eigenvalue weighted by atomic mass is 16.6. The van der Waals surface area contributed by atoms with Gasteiger partial charge in [-0.05, 0) is 12.8 Å². The van der Waals surface area contributed by atoms with E-state index in [1.165, 1.54) is 12.1 Å². The molecule has 0 saturated carbocycles. The molecule has 0 unspecified atom stereocenters. The Bertz CT molecular complexity index is 418. The predicted octanol–water partition coefficient (Wildman–Crippen LogP) is 1.29. The van der Waals surface area contributed by atoms with Gasteiger partial charge in [0.05, 0.1) is 4.92 Å². The van der Waals surface area contributed by atoms with E-state index in [4.69, 9.17) is 4.74 Å². The van der Waals surface area contributed by atoms with Crippen molar-refractivity contribution in [2.75, 3.05) is 18.5 Å². The zero-order chi connectivity index (χ0) is 12.3. The van der Waals surface area contributed by atoms with Crippen molar-refractivity contribution < 1.29 is 14.8 Å². The van der Waals surface area contributed by atoms with Gasteiger partial charge < -0.3 is 15.2 Å². The van der Waals surface area contributed by atoms with Gasteiger partial charge >= 0.3 is 5.69 Å². The van der Waals surface area contributed by atoms with Crippen LogP contribution in [0.15, 0.2) is 12.1 Å². The third-order valence-corrected chi connectivity index (χ3v) is 2.62. The van der Waals surface area contributed by atoms with Crippen LogP contribution in [0.25, 0.3) is 0 Å². The molecule has 17 heavy (non-hydrogen) atoms. The third-order valence-electron chi connectivity index (χ3n) is 2.62. The van der Waals surface area contributed by atoms with E-state index in [0.29, 0.717) is 13.2 Å². The van der Waals surface area contributed by atoms with Crippen molar-refractivity contribution in [1.82, 2.24) is 4.98 Å². The molecule has 1 aliphatic rings. The highest BCUT2D eigenvalue weighted by Crippen LogP contribution is 2.26. The Kier molecular flexibility index (Phi) is 3.38. The number of hydrogen-bond acceptors (Lipinski definition) is 6. The van der Waals surface area contributed by atoms with Gasteiger partial charge in [-0.25, -0.2) is 0 Å². The minimum Gasteiger partial charge on any atom is -0.493 e. The Morgan fingerprint density at radius 2 is 2.18 bits per heavy atom. The normalized spacial score (nSPS) is 16.7. The molecule has 1 saturated heterocycles. The second kappa shape index (κ2) is 4.96. The number of aromatic nitrogens is 1. The third kappa shape index (κ3) is 2.82. The van der Waals surface area contributed by atoms with Crippen molar-refractivity contribution >= 4 is 11.5 Å². The van der Waals surface area contributed by atoms with Crippen LogP contribution in [0.4, 0.5) is 11.5 Å². The number of aromatic hydroxyl groups is 1. The fourth-order valence-electron chi connectivity index (χ4n) is 1.73. The zero-order valence-corrected chi connectivity index (χ0v) is 9.13. The lowest BCUT2D eigenvalue weighted by Gasteiger charge is -2.23. The van der Waals surface area contributed by atoms with Gasteiger partial charge in [0.2, 0.25) is 11.7 Å². The molecule has 7 nitrogen and oxygen atoms in total. The van der Waals surface area contributed by atoms with Crippen LogP contribution in [0.1, 0.15) is 12.8 Å². The molecule has 0 aliphatic carbocycles. The van der Waals surface area contributed by atoms with Crippen molar-refractivity contribution in [3.05, 3.63) is 22.2 Å². The molecule has 0 amide bonds. The monoisotopic (exact) mass is 239 g/mol. The van der Waals surface area contributed by atoms with Crippen LogP contribution in [0, 0.1) is 10.1 Å². The topological polar surface area (TPSA) is 97.5 Å². The lowest BCUT2D eigenvalue weighted by Crippen LogP contribution is -2.28. The van der Waals surface area contributed by atoms with Crippen LogP contribution in [-0.4, -0.2) is 34.3 Å². The van der Waals surface area contributed by atoms with E-state index in [9.17, 15) is 15.2 Å². The van der Waals surface area contributed by atoms with Crippen LogP contribution >= 0.6 is 0 Å². The van der Waals surface area contributed by atoms with Gasteiger partial charge in [0.25, 0.3) is 0 Å². The number of nitro groups is 1. The van der Waals surface area contributed by atoms with Crippen LogP contribution in [-0.2, 0) is 4.74 Å². The van der Waals surface area contributed by atoms with E-state index < -0.39 is 4.92 Å². The van der Waals surface area contributed by atoms with Crippen molar-refractivity contribution in [2.45, 2.75) is 18.9 Å². The summed E-state index contributed by atoms with van der Waals surface area (Å²) in [6, 6.07) is 2.54. The number of rotatable bonds is 3. The molecular weight excluding hydrogens is 226 g/mol. The van der Waals surface area contributed by atoms with Gasteiger partial charge in [-0.1, -0.05) is 0 Å². The molecule has 92 valence electrons. The maximum Gasteiger partial charge on any atom is 0.311 e. The van der Waals surface area contributed by atoms with E-state index in [-0.39, 0.29) is 23.4 Å². The molecule has 2 N–H and O–H groups in total. The van der Waals surface area contributed by atoms with Gasteiger partial charge in [0.15, 0.2) is 0 Å². The number of anilines is 1. The van der Waals surface area contributed by atoms with Crippen molar-refractivity contribution in [3.8, 4) is 5.88 Å².